The zero-order valence-corrected chi connectivity index (χ0v) is 26.4. The number of hydrogen-bond acceptors (Lipinski definition) is 6. The van der Waals surface area contributed by atoms with Crippen LogP contribution >= 0.6 is 39.3 Å². The summed E-state index contributed by atoms with van der Waals surface area (Å²) in [5.41, 5.74) is 1.38. The summed E-state index contributed by atoms with van der Waals surface area (Å²) in [6.07, 6.45) is 5.32. The number of aryl methyl sites for hydroxylation is 1. The Morgan fingerprint density at radius 2 is 2.08 bits per heavy atom. The van der Waals surface area contributed by atoms with Crippen LogP contribution in [0.15, 0.2) is 43.5 Å². The number of aliphatic hydroxyl groups is 1. The second-order valence-electron chi connectivity index (χ2n) is 11.1. The van der Waals surface area contributed by atoms with Crippen molar-refractivity contribution in [3.63, 3.8) is 0 Å². The fourth-order valence-electron chi connectivity index (χ4n) is 6.62. The van der Waals surface area contributed by atoms with Gasteiger partial charge in [0, 0.05) is 16.6 Å². The number of aliphatic hydroxyl groups excluding tert-OH is 1. The first-order valence-electron chi connectivity index (χ1n) is 13.8. The monoisotopic (exact) mass is 652 g/mol. The Labute approximate surface area is 254 Å². The van der Waals surface area contributed by atoms with E-state index < -0.39 is 34.6 Å². The maximum Gasteiger partial charge on any atom is 0.310 e. The summed E-state index contributed by atoms with van der Waals surface area (Å²) in [4.78, 5) is 45.8. The fraction of sp³-hybridized carbons (Fsp3) is 0.567. The van der Waals surface area contributed by atoms with E-state index in [1.54, 1.807) is 39.8 Å². The number of carbonyl (C=O) groups is 3. The number of amides is 2. The van der Waals surface area contributed by atoms with Crippen LogP contribution in [0.1, 0.15) is 38.7 Å². The van der Waals surface area contributed by atoms with Gasteiger partial charge in [0.25, 0.3) is 5.91 Å². The predicted octanol–water partition coefficient (Wildman–Crippen LogP) is 5.16. The van der Waals surface area contributed by atoms with Gasteiger partial charge in [0.05, 0.1) is 46.5 Å². The zero-order valence-electron chi connectivity index (χ0n) is 23.2. The van der Waals surface area contributed by atoms with E-state index in [4.69, 9.17) is 16.3 Å². The lowest BCUT2D eigenvalue weighted by Crippen LogP contribution is -2.59. The van der Waals surface area contributed by atoms with Crippen LogP contribution in [0.4, 0.5) is 5.69 Å². The molecule has 0 saturated carbocycles. The number of para-hydroxylation sites is 1. The Balaban J connectivity index is 1.82. The van der Waals surface area contributed by atoms with Gasteiger partial charge in [-0.2, -0.15) is 0 Å². The summed E-state index contributed by atoms with van der Waals surface area (Å²) in [6.45, 7) is 13.4. The molecule has 7 atom stereocenters. The number of likely N-dealkylation sites (tertiary alicyclic amines) is 1. The van der Waals surface area contributed by atoms with Gasteiger partial charge in [-0.05, 0) is 43.7 Å². The highest BCUT2D eigenvalue weighted by molar-refractivity contribution is 9.09. The minimum atomic E-state index is -0.909. The van der Waals surface area contributed by atoms with Crippen molar-refractivity contribution in [2.75, 3.05) is 24.7 Å². The van der Waals surface area contributed by atoms with E-state index in [0.717, 1.165) is 12.0 Å². The van der Waals surface area contributed by atoms with Crippen molar-refractivity contribution in [3.8, 4) is 0 Å². The zero-order chi connectivity index (χ0) is 29.4. The molecular formula is C30H38BrClN2O5S. The van der Waals surface area contributed by atoms with Crippen molar-refractivity contribution < 1.29 is 24.2 Å². The minimum Gasteiger partial charge on any atom is -0.465 e. The molecule has 7 nitrogen and oxygen atoms in total. The number of fused-ring (bicyclic) bond motifs is 1. The lowest BCUT2D eigenvalue weighted by molar-refractivity contribution is -0.154. The number of carbonyl (C=O) groups excluding carboxylic acids is 3. The molecule has 1 aromatic carbocycles. The molecule has 3 aliphatic rings. The maximum atomic E-state index is 14.8. The molecular weight excluding hydrogens is 616 g/mol. The molecule has 1 aromatic rings. The minimum absolute atomic E-state index is 0.0796. The normalized spacial score (nSPS) is 29.4. The third kappa shape index (κ3) is 5.16. The van der Waals surface area contributed by atoms with Crippen LogP contribution in [0.5, 0.6) is 0 Å². The first kappa shape index (κ1) is 31.1. The van der Waals surface area contributed by atoms with Crippen molar-refractivity contribution >= 4 is 62.8 Å². The Bertz CT molecular complexity index is 1160. The van der Waals surface area contributed by atoms with E-state index in [-0.39, 0.29) is 47.6 Å². The number of unbranched alkanes of at least 4 members (excludes halogenated alkanes) is 1. The number of allylic oxidation sites excluding steroid dienone is 1. The molecule has 218 valence electrons. The van der Waals surface area contributed by atoms with Crippen LogP contribution in [0.2, 0.25) is 5.02 Å². The summed E-state index contributed by atoms with van der Waals surface area (Å²) in [5, 5.41) is 10.7. The molecule has 3 fully saturated rings. The van der Waals surface area contributed by atoms with E-state index in [1.165, 1.54) is 0 Å². The average molecular weight is 654 g/mol. The number of halogens is 2. The van der Waals surface area contributed by atoms with Gasteiger partial charge in [0.1, 0.15) is 6.04 Å². The lowest BCUT2D eigenvalue weighted by Gasteiger charge is -2.41. The second-order valence-corrected chi connectivity index (χ2v) is 14.3. The standard InChI is InChI=1S/C30H38BrClN2O5S/c1-6-8-9-14-39-29(38)22-23-27(36)34(21(16-35)17(3)4)26(30(23)15-19(31)25(22)40-30)28(37)33(13-7-2)24-18(5)11-10-12-20(24)32/h6-7,10-12,17,19,21-23,25-26,35H,1-2,8-9,13-16H2,3-5H3/t19?,21-,22-,23-,25-,26?,30?/m0/s1. The molecule has 2 bridgehead atoms. The fourth-order valence-corrected chi connectivity index (χ4v) is 10.5. The number of ether oxygens (including phenoxy) is 1. The Hall–Kier alpha value is -1.81. The molecule has 3 heterocycles. The largest absolute Gasteiger partial charge is 0.465 e. The summed E-state index contributed by atoms with van der Waals surface area (Å²) < 4.78 is 4.80. The molecule has 3 aliphatic heterocycles. The van der Waals surface area contributed by atoms with Gasteiger partial charge in [-0.1, -0.05) is 65.7 Å². The van der Waals surface area contributed by atoms with Crippen molar-refractivity contribution in [1.82, 2.24) is 4.90 Å². The van der Waals surface area contributed by atoms with Crippen LogP contribution in [0.3, 0.4) is 0 Å². The topological polar surface area (TPSA) is 87.1 Å². The van der Waals surface area contributed by atoms with Gasteiger partial charge < -0.3 is 19.6 Å². The van der Waals surface area contributed by atoms with Gasteiger partial charge in [-0.25, -0.2) is 0 Å². The summed E-state index contributed by atoms with van der Waals surface area (Å²) in [6, 6.07) is 3.94. The molecule has 4 rings (SSSR count). The van der Waals surface area contributed by atoms with E-state index in [9.17, 15) is 19.5 Å². The first-order chi connectivity index (χ1) is 19.0. The number of alkyl halides is 1. The molecule has 0 radical (unpaired) electrons. The van der Waals surface area contributed by atoms with E-state index in [1.807, 2.05) is 32.9 Å². The smallest absolute Gasteiger partial charge is 0.310 e. The number of rotatable bonds is 12. The first-order valence-corrected chi connectivity index (χ1v) is 15.9. The molecule has 3 saturated heterocycles. The Morgan fingerprint density at radius 1 is 1.35 bits per heavy atom. The van der Waals surface area contributed by atoms with E-state index >= 15 is 0 Å². The highest BCUT2D eigenvalue weighted by Crippen LogP contribution is 2.68. The van der Waals surface area contributed by atoms with Crippen LogP contribution < -0.4 is 4.90 Å². The molecule has 2 amide bonds. The number of benzene rings is 1. The van der Waals surface area contributed by atoms with Gasteiger partial charge in [0.15, 0.2) is 0 Å². The van der Waals surface area contributed by atoms with Crippen LogP contribution in [-0.2, 0) is 19.1 Å². The highest BCUT2D eigenvalue weighted by atomic mass is 79.9. The summed E-state index contributed by atoms with van der Waals surface area (Å²) >= 11 is 12.0. The van der Waals surface area contributed by atoms with E-state index in [0.29, 0.717) is 23.6 Å². The third-order valence-electron chi connectivity index (χ3n) is 8.38. The number of nitrogens with zero attached hydrogens (tertiary/aromatic N) is 2. The Morgan fingerprint density at radius 3 is 2.67 bits per heavy atom. The van der Waals surface area contributed by atoms with Gasteiger partial charge in [-0.15, -0.1) is 24.9 Å². The van der Waals surface area contributed by atoms with Crippen molar-refractivity contribution in [2.24, 2.45) is 17.8 Å². The molecule has 1 N–H and O–H groups in total. The van der Waals surface area contributed by atoms with Crippen molar-refractivity contribution in [1.29, 1.82) is 0 Å². The molecule has 0 aromatic heterocycles. The number of thioether (sulfide) groups is 1. The van der Waals surface area contributed by atoms with Crippen molar-refractivity contribution in [3.05, 3.63) is 54.1 Å². The third-order valence-corrected chi connectivity index (χ3v) is 11.9. The predicted molar refractivity (Wildman–Crippen MR) is 164 cm³/mol. The maximum absolute atomic E-state index is 14.8. The molecule has 10 heteroatoms. The van der Waals surface area contributed by atoms with E-state index in [2.05, 4.69) is 29.1 Å². The molecule has 3 unspecified atom stereocenters. The van der Waals surface area contributed by atoms with Crippen LogP contribution in [0.25, 0.3) is 0 Å². The Kier molecular flexibility index (Phi) is 9.80. The average Bonchev–Trinajstić information content (AvgIpc) is 3.49. The molecule has 1 spiro atoms. The molecule has 40 heavy (non-hydrogen) atoms. The van der Waals surface area contributed by atoms with Gasteiger partial charge >= 0.3 is 5.97 Å². The lowest BCUT2D eigenvalue weighted by atomic mass is 9.71. The van der Waals surface area contributed by atoms with Crippen LogP contribution in [0, 0.1) is 24.7 Å². The number of anilines is 1. The molecule has 0 aliphatic carbocycles. The highest BCUT2D eigenvalue weighted by Gasteiger charge is 2.76. The van der Waals surface area contributed by atoms with Gasteiger partial charge in [0.2, 0.25) is 5.91 Å². The van der Waals surface area contributed by atoms with Gasteiger partial charge in [-0.3, -0.25) is 14.4 Å². The second kappa shape index (κ2) is 12.6. The SMILES string of the molecule is C=CCCCOC(=O)[C@H]1[C@H]2C(=O)N([C@@H](CO)C(C)C)C(C(=O)N(CC=C)c3c(C)cccc3Cl)C23CC(Br)[C@@H]1S3. The quantitative estimate of drug-likeness (QED) is 0.145. The summed E-state index contributed by atoms with van der Waals surface area (Å²) in [5.74, 6) is -2.53. The van der Waals surface area contributed by atoms with Crippen molar-refractivity contribution in [2.45, 2.75) is 66.9 Å². The summed E-state index contributed by atoms with van der Waals surface area (Å²) in [7, 11) is 0. The van der Waals surface area contributed by atoms with Crippen LogP contribution in [-0.4, -0.2) is 74.5 Å². The number of esters is 1. The number of hydrogen-bond donors (Lipinski definition) is 1.